The molecule has 1 aromatic heterocycles. The monoisotopic (exact) mass is 435 g/mol. The average molecular weight is 435 g/mol. The zero-order chi connectivity index (χ0) is 22.5. The van der Waals surface area contributed by atoms with E-state index in [1.165, 1.54) is 18.3 Å². The fourth-order valence-electron chi connectivity index (χ4n) is 4.12. The van der Waals surface area contributed by atoms with Crippen LogP contribution in [0, 0.1) is 11.8 Å². The van der Waals surface area contributed by atoms with E-state index in [1.807, 2.05) is 20.8 Å². The molecule has 0 bridgehead atoms. The SMILES string of the molecule is CC(C)C1(C)Cc2cc(OCC3CC3)c(C(F)F)cc2-c2cc(=O)c(C(=O)OF)cn21. The van der Waals surface area contributed by atoms with Crippen molar-refractivity contribution in [3.8, 4) is 17.0 Å². The number of alkyl halides is 2. The molecule has 0 radical (unpaired) electrons. The number of hydrogen-bond acceptors (Lipinski definition) is 4. The summed E-state index contributed by atoms with van der Waals surface area (Å²) in [5.41, 5.74) is -0.356. The van der Waals surface area contributed by atoms with Crippen LogP contribution in [0.1, 0.15) is 61.5 Å². The number of hydrogen-bond donors (Lipinski definition) is 0. The molecule has 1 aliphatic carbocycles. The van der Waals surface area contributed by atoms with E-state index in [0.717, 1.165) is 18.4 Å². The standard InChI is InChI=1S/C23H24F3NO4/c1-12(2)23(3)9-14-6-20(30-11-13-4-5-13)16(21(24)25)7-15(14)18-8-19(28)17(10-27(18)23)22(29)31-26/h6-8,10,12-13,21H,4-5,9,11H2,1-3H3. The second-order valence-electron chi connectivity index (χ2n) is 8.96. The van der Waals surface area contributed by atoms with Gasteiger partial charge in [-0.3, -0.25) is 4.79 Å². The molecule has 1 fully saturated rings. The Kier molecular flexibility index (Phi) is 5.35. The zero-order valence-electron chi connectivity index (χ0n) is 17.6. The van der Waals surface area contributed by atoms with E-state index in [-0.39, 0.29) is 17.2 Å². The summed E-state index contributed by atoms with van der Waals surface area (Å²) in [6.45, 7) is 6.33. The van der Waals surface area contributed by atoms with Crippen LogP contribution in [0.3, 0.4) is 0 Å². The molecule has 31 heavy (non-hydrogen) atoms. The summed E-state index contributed by atoms with van der Waals surface area (Å²) >= 11 is 0. The molecular weight excluding hydrogens is 411 g/mol. The minimum Gasteiger partial charge on any atom is -0.493 e. The maximum atomic E-state index is 13.8. The lowest BCUT2D eigenvalue weighted by molar-refractivity contribution is -0.0790. The highest BCUT2D eigenvalue weighted by Gasteiger charge is 2.38. The predicted molar refractivity (Wildman–Crippen MR) is 108 cm³/mol. The number of halogens is 3. The van der Waals surface area contributed by atoms with E-state index in [0.29, 0.717) is 30.2 Å². The maximum Gasteiger partial charge on any atom is 0.384 e. The van der Waals surface area contributed by atoms with Crippen molar-refractivity contribution in [3.63, 3.8) is 0 Å². The third kappa shape index (κ3) is 3.72. The normalized spacial score (nSPS) is 19.9. The van der Waals surface area contributed by atoms with Crippen LogP contribution in [0.4, 0.5) is 13.3 Å². The van der Waals surface area contributed by atoms with Crippen LogP contribution in [0.5, 0.6) is 5.75 Å². The molecule has 1 aliphatic heterocycles. The highest BCUT2D eigenvalue weighted by molar-refractivity contribution is 5.89. The summed E-state index contributed by atoms with van der Waals surface area (Å²) in [7, 11) is 0. The van der Waals surface area contributed by atoms with Crippen molar-refractivity contribution >= 4 is 5.97 Å². The highest BCUT2D eigenvalue weighted by atomic mass is 19.3. The van der Waals surface area contributed by atoms with Gasteiger partial charge in [-0.05, 0) is 55.7 Å². The largest absolute Gasteiger partial charge is 0.493 e. The summed E-state index contributed by atoms with van der Waals surface area (Å²) in [5, 5.41) is 0. The average Bonchev–Trinajstić information content (AvgIpc) is 3.55. The molecule has 5 nitrogen and oxygen atoms in total. The van der Waals surface area contributed by atoms with Crippen LogP contribution >= 0.6 is 0 Å². The van der Waals surface area contributed by atoms with Gasteiger partial charge in [0.15, 0.2) is 5.43 Å². The van der Waals surface area contributed by atoms with Crippen molar-refractivity contribution in [2.45, 2.75) is 52.0 Å². The molecule has 2 aromatic rings. The van der Waals surface area contributed by atoms with Gasteiger partial charge in [0.1, 0.15) is 11.3 Å². The number of carbonyl (C=O) groups is 1. The van der Waals surface area contributed by atoms with E-state index >= 15 is 0 Å². The van der Waals surface area contributed by atoms with Crippen LogP contribution in [0.2, 0.25) is 0 Å². The summed E-state index contributed by atoms with van der Waals surface area (Å²) in [4.78, 5) is 27.5. The Morgan fingerprint density at radius 3 is 2.55 bits per heavy atom. The first-order valence-corrected chi connectivity index (χ1v) is 10.3. The molecule has 1 unspecified atom stereocenters. The van der Waals surface area contributed by atoms with Crippen molar-refractivity contribution in [3.05, 3.63) is 51.3 Å². The van der Waals surface area contributed by atoms with Gasteiger partial charge in [0, 0.05) is 27.9 Å². The molecule has 1 atom stereocenters. The lowest BCUT2D eigenvalue weighted by Gasteiger charge is -2.43. The maximum absolute atomic E-state index is 13.8. The van der Waals surface area contributed by atoms with Crippen molar-refractivity contribution in [1.82, 2.24) is 4.57 Å². The van der Waals surface area contributed by atoms with Crippen LogP contribution in [-0.4, -0.2) is 17.1 Å². The first-order valence-electron chi connectivity index (χ1n) is 10.3. The Morgan fingerprint density at radius 2 is 1.97 bits per heavy atom. The van der Waals surface area contributed by atoms with Crippen LogP contribution in [0.15, 0.2) is 29.2 Å². The minimum absolute atomic E-state index is 0.0433. The van der Waals surface area contributed by atoms with Gasteiger partial charge >= 0.3 is 5.97 Å². The van der Waals surface area contributed by atoms with Gasteiger partial charge in [0.2, 0.25) is 0 Å². The van der Waals surface area contributed by atoms with Crippen molar-refractivity contribution < 1.29 is 27.8 Å². The van der Waals surface area contributed by atoms with E-state index in [9.17, 15) is 22.9 Å². The number of ether oxygens (including phenoxy) is 1. The Morgan fingerprint density at radius 1 is 1.26 bits per heavy atom. The van der Waals surface area contributed by atoms with Crippen LogP contribution in [0.25, 0.3) is 11.3 Å². The van der Waals surface area contributed by atoms with Crippen molar-refractivity contribution in [2.75, 3.05) is 6.61 Å². The van der Waals surface area contributed by atoms with Gasteiger partial charge in [0.25, 0.3) is 6.43 Å². The van der Waals surface area contributed by atoms with Gasteiger partial charge in [-0.2, -0.15) is 0 Å². The number of aromatic nitrogens is 1. The number of benzene rings is 1. The van der Waals surface area contributed by atoms with E-state index in [4.69, 9.17) is 4.74 Å². The molecule has 2 heterocycles. The van der Waals surface area contributed by atoms with Crippen molar-refractivity contribution in [1.29, 1.82) is 0 Å². The number of carbonyl (C=O) groups excluding carboxylic acids is 1. The lowest BCUT2D eigenvalue weighted by Crippen LogP contribution is -2.42. The molecule has 0 spiro atoms. The molecule has 2 aliphatic rings. The molecule has 1 saturated carbocycles. The predicted octanol–water partition coefficient (Wildman–Crippen LogP) is 5.21. The summed E-state index contributed by atoms with van der Waals surface area (Å²) in [6, 6.07) is 4.20. The van der Waals surface area contributed by atoms with Crippen LogP contribution in [-0.2, 0) is 16.9 Å². The molecule has 1 aromatic carbocycles. The van der Waals surface area contributed by atoms with Gasteiger partial charge in [-0.25, -0.2) is 18.5 Å². The molecule has 0 N–H and O–H groups in total. The quantitative estimate of drug-likeness (QED) is 0.625. The highest BCUT2D eigenvalue weighted by Crippen LogP contribution is 2.45. The van der Waals surface area contributed by atoms with E-state index < -0.39 is 28.9 Å². The Labute approximate surface area is 177 Å². The Balaban J connectivity index is 1.92. The molecule has 166 valence electrons. The summed E-state index contributed by atoms with van der Waals surface area (Å²) in [5.74, 6) is -0.758. The topological polar surface area (TPSA) is 57.5 Å². The van der Waals surface area contributed by atoms with Gasteiger partial charge in [0.05, 0.1) is 17.9 Å². The first-order chi connectivity index (χ1) is 14.7. The number of fused-ring (bicyclic) bond motifs is 3. The van der Waals surface area contributed by atoms with Crippen molar-refractivity contribution in [2.24, 2.45) is 11.8 Å². The van der Waals surface area contributed by atoms with Gasteiger partial charge in [-0.15, -0.1) is 0 Å². The number of rotatable bonds is 6. The molecule has 4 rings (SSSR count). The summed E-state index contributed by atoms with van der Waals surface area (Å²) in [6.07, 6.45) is 1.06. The fraction of sp³-hybridized carbons (Fsp3) is 0.478. The molecule has 0 saturated heterocycles. The second-order valence-corrected chi connectivity index (χ2v) is 8.96. The Hall–Kier alpha value is -2.77. The van der Waals surface area contributed by atoms with Gasteiger partial charge < -0.3 is 9.30 Å². The van der Waals surface area contributed by atoms with E-state index in [2.05, 4.69) is 4.94 Å². The Bertz CT molecular complexity index is 1090. The first kappa shape index (κ1) is 21.5. The summed E-state index contributed by atoms with van der Waals surface area (Å²) < 4.78 is 47.6. The van der Waals surface area contributed by atoms with E-state index in [1.54, 1.807) is 10.6 Å². The second kappa shape index (κ2) is 7.73. The van der Waals surface area contributed by atoms with Crippen LogP contribution < -0.4 is 10.2 Å². The number of nitrogens with zero attached hydrogens (tertiary/aromatic N) is 1. The smallest absolute Gasteiger partial charge is 0.384 e. The third-order valence-electron chi connectivity index (χ3n) is 6.60. The van der Waals surface area contributed by atoms with Gasteiger partial charge in [-0.1, -0.05) is 13.8 Å². The molecular formula is C23H24F3NO4. The minimum atomic E-state index is -2.75. The zero-order valence-corrected chi connectivity index (χ0v) is 17.6. The molecule has 0 amide bonds. The lowest BCUT2D eigenvalue weighted by atomic mass is 9.76. The number of pyridine rings is 1. The fourth-order valence-corrected chi connectivity index (χ4v) is 4.12. The third-order valence-corrected chi connectivity index (χ3v) is 6.60. The molecule has 8 heteroatoms.